The Kier molecular flexibility index (Phi) is 5.48. The molecule has 0 saturated heterocycles. The van der Waals surface area contributed by atoms with Crippen molar-refractivity contribution in [1.29, 1.82) is 0 Å². The lowest BCUT2D eigenvalue weighted by Gasteiger charge is -2.10. The zero-order chi connectivity index (χ0) is 19.6. The molecule has 3 aromatic rings. The Balaban J connectivity index is 1.95. The number of carbonyl (C=O) groups excluding carboxylic acids is 1. The third kappa shape index (κ3) is 4.12. The van der Waals surface area contributed by atoms with Crippen LogP contribution in [0.15, 0.2) is 57.8 Å². The van der Waals surface area contributed by atoms with Crippen molar-refractivity contribution in [2.75, 3.05) is 12.4 Å². The van der Waals surface area contributed by atoms with Gasteiger partial charge in [0.05, 0.1) is 17.8 Å². The molecule has 2 aromatic carbocycles. The first kappa shape index (κ1) is 18.9. The molecular formula is C18H13BrClN3O4. The number of aromatic nitrogens is 2. The second-order valence-electron chi connectivity index (χ2n) is 5.41. The van der Waals surface area contributed by atoms with Gasteiger partial charge >= 0.3 is 0 Å². The Labute approximate surface area is 167 Å². The van der Waals surface area contributed by atoms with Crippen LogP contribution in [0.25, 0.3) is 5.69 Å². The predicted molar refractivity (Wildman–Crippen MR) is 105 cm³/mol. The highest BCUT2D eigenvalue weighted by Crippen LogP contribution is 2.27. The molecule has 0 aliphatic rings. The normalized spacial score (nSPS) is 10.5. The molecule has 9 heteroatoms. The zero-order valence-electron chi connectivity index (χ0n) is 13.9. The number of hydrogen-bond donors (Lipinski definition) is 2. The molecule has 1 amide bonds. The van der Waals surface area contributed by atoms with Crippen LogP contribution in [0.4, 0.5) is 5.69 Å². The third-order valence-electron chi connectivity index (χ3n) is 3.61. The molecule has 27 heavy (non-hydrogen) atoms. The van der Waals surface area contributed by atoms with Crippen molar-refractivity contribution in [3.8, 4) is 17.2 Å². The number of halogens is 2. The number of nitrogens with one attached hydrogen (secondary N) is 1. The van der Waals surface area contributed by atoms with E-state index in [4.69, 9.17) is 16.3 Å². The fourth-order valence-corrected chi connectivity index (χ4v) is 2.83. The van der Waals surface area contributed by atoms with Crippen LogP contribution in [0.2, 0.25) is 5.02 Å². The van der Waals surface area contributed by atoms with Gasteiger partial charge in [0.1, 0.15) is 5.75 Å². The summed E-state index contributed by atoms with van der Waals surface area (Å²) in [6.07, 6.45) is 0. The summed E-state index contributed by atoms with van der Waals surface area (Å²) < 4.78 is 6.91. The van der Waals surface area contributed by atoms with Gasteiger partial charge in [-0.1, -0.05) is 27.5 Å². The minimum Gasteiger partial charge on any atom is -0.505 e. The van der Waals surface area contributed by atoms with Gasteiger partial charge in [0.25, 0.3) is 11.5 Å². The zero-order valence-corrected chi connectivity index (χ0v) is 16.3. The Hall–Kier alpha value is -2.84. The lowest BCUT2D eigenvalue weighted by molar-refractivity contribution is 0.101. The first-order valence-electron chi connectivity index (χ1n) is 7.63. The molecule has 3 rings (SSSR count). The molecule has 0 fully saturated rings. The number of amides is 1. The average molecular weight is 451 g/mol. The maximum Gasteiger partial charge on any atom is 0.279 e. The molecule has 2 N–H and O–H groups in total. The molecule has 0 aliphatic carbocycles. The fourth-order valence-electron chi connectivity index (χ4n) is 2.31. The van der Waals surface area contributed by atoms with Crippen LogP contribution in [0, 0.1) is 0 Å². The van der Waals surface area contributed by atoms with Gasteiger partial charge in [0, 0.05) is 16.2 Å². The van der Waals surface area contributed by atoms with Crippen LogP contribution < -0.4 is 15.6 Å². The number of rotatable bonds is 4. The van der Waals surface area contributed by atoms with Gasteiger partial charge < -0.3 is 15.2 Å². The summed E-state index contributed by atoms with van der Waals surface area (Å²) in [6.45, 7) is 0. The largest absolute Gasteiger partial charge is 0.505 e. The monoisotopic (exact) mass is 449 g/mol. The van der Waals surface area contributed by atoms with Crippen molar-refractivity contribution in [1.82, 2.24) is 9.78 Å². The van der Waals surface area contributed by atoms with E-state index in [-0.39, 0.29) is 5.69 Å². The minimum atomic E-state index is -0.695. The number of methoxy groups -OCH3 is 1. The molecule has 1 heterocycles. The van der Waals surface area contributed by atoms with Gasteiger partial charge in [-0.3, -0.25) is 9.59 Å². The topological polar surface area (TPSA) is 93.5 Å². The molecule has 0 spiro atoms. The quantitative estimate of drug-likeness (QED) is 0.633. The van der Waals surface area contributed by atoms with Gasteiger partial charge in [0.2, 0.25) is 0 Å². The number of anilines is 1. The second-order valence-corrected chi connectivity index (χ2v) is 6.73. The molecule has 7 nitrogen and oxygen atoms in total. The number of nitrogens with zero attached hydrogens (tertiary/aromatic N) is 2. The van der Waals surface area contributed by atoms with Crippen LogP contribution in [0.1, 0.15) is 10.5 Å². The summed E-state index contributed by atoms with van der Waals surface area (Å²) in [7, 11) is 1.48. The van der Waals surface area contributed by atoms with Gasteiger partial charge in [-0.2, -0.15) is 9.78 Å². The Morgan fingerprint density at radius 3 is 2.56 bits per heavy atom. The predicted octanol–water partition coefficient (Wildman–Crippen LogP) is 3.61. The van der Waals surface area contributed by atoms with Crippen LogP contribution in [-0.2, 0) is 0 Å². The van der Waals surface area contributed by atoms with Gasteiger partial charge in [0.15, 0.2) is 11.4 Å². The Bertz CT molecular complexity index is 1070. The number of hydrogen-bond acceptors (Lipinski definition) is 5. The number of benzene rings is 2. The van der Waals surface area contributed by atoms with Crippen molar-refractivity contribution in [2.45, 2.75) is 0 Å². The Morgan fingerprint density at radius 2 is 1.93 bits per heavy atom. The second kappa shape index (κ2) is 7.81. The molecule has 0 bridgehead atoms. The van der Waals surface area contributed by atoms with E-state index in [9.17, 15) is 14.7 Å². The lowest BCUT2D eigenvalue weighted by Crippen LogP contribution is -2.25. The average Bonchev–Trinajstić information content (AvgIpc) is 2.63. The molecule has 0 unspecified atom stereocenters. The molecule has 0 atom stereocenters. The van der Waals surface area contributed by atoms with Crippen LogP contribution in [0.5, 0.6) is 11.5 Å². The summed E-state index contributed by atoms with van der Waals surface area (Å²) in [5.74, 6) is -0.760. The van der Waals surface area contributed by atoms with Crippen molar-refractivity contribution in [3.05, 3.63) is 74.1 Å². The van der Waals surface area contributed by atoms with Crippen molar-refractivity contribution < 1.29 is 14.6 Å². The standard InChI is InChI=1S/C18H13BrClN3O4/c1-27-15-7-4-11(8-13(15)20)21-18(26)17-14(24)9-16(25)23(22-17)12-5-2-10(19)3-6-12/h2-9,24H,1H3,(H,21,26). The van der Waals surface area contributed by atoms with Gasteiger partial charge in [-0.05, 0) is 42.5 Å². The van der Waals surface area contributed by atoms with Crippen LogP contribution >= 0.6 is 27.5 Å². The van der Waals surface area contributed by atoms with E-state index >= 15 is 0 Å². The summed E-state index contributed by atoms with van der Waals surface area (Å²) in [5.41, 5.74) is -0.0403. The molecule has 0 saturated carbocycles. The van der Waals surface area contributed by atoms with Gasteiger partial charge in [-0.15, -0.1) is 0 Å². The maximum atomic E-state index is 12.5. The molecular weight excluding hydrogens is 438 g/mol. The number of aromatic hydroxyl groups is 1. The SMILES string of the molecule is COc1ccc(NC(=O)c2nn(-c3ccc(Br)cc3)c(=O)cc2O)cc1Cl. The highest BCUT2D eigenvalue weighted by atomic mass is 79.9. The molecule has 138 valence electrons. The minimum absolute atomic E-state index is 0.301. The van der Waals surface area contributed by atoms with Crippen molar-refractivity contribution in [3.63, 3.8) is 0 Å². The summed E-state index contributed by atoms with van der Waals surface area (Å²) >= 11 is 9.35. The number of ether oxygens (including phenoxy) is 1. The van der Waals surface area contributed by atoms with Gasteiger partial charge in [-0.25, -0.2) is 0 Å². The van der Waals surface area contributed by atoms with E-state index in [1.807, 2.05) is 0 Å². The molecule has 0 radical (unpaired) electrons. The summed E-state index contributed by atoms with van der Waals surface area (Å²) in [6, 6.07) is 12.4. The van der Waals surface area contributed by atoms with Crippen LogP contribution in [-0.4, -0.2) is 27.9 Å². The van der Waals surface area contributed by atoms with E-state index in [1.165, 1.54) is 13.2 Å². The molecule has 1 aromatic heterocycles. The van der Waals surface area contributed by atoms with Crippen molar-refractivity contribution in [2.24, 2.45) is 0 Å². The first-order valence-corrected chi connectivity index (χ1v) is 8.80. The summed E-state index contributed by atoms with van der Waals surface area (Å²) in [4.78, 5) is 24.7. The number of carbonyl (C=O) groups is 1. The lowest BCUT2D eigenvalue weighted by atomic mass is 10.2. The highest BCUT2D eigenvalue weighted by Gasteiger charge is 2.17. The fraction of sp³-hybridized carbons (Fsp3) is 0.0556. The van der Waals surface area contributed by atoms with E-state index in [0.29, 0.717) is 22.1 Å². The highest BCUT2D eigenvalue weighted by molar-refractivity contribution is 9.10. The van der Waals surface area contributed by atoms with E-state index < -0.39 is 17.2 Å². The third-order valence-corrected chi connectivity index (χ3v) is 4.43. The molecule has 0 aliphatic heterocycles. The van der Waals surface area contributed by atoms with E-state index in [0.717, 1.165) is 15.2 Å². The van der Waals surface area contributed by atoms with Crippen molar-refractivity contribution >= 4 is 39.1 Å². The van der Waals surface area contributed by atoms with E-state index in [2.05, 4.69) is 26.3 Å². The van der Waals surface area contributed by atoms with Crippen LogP contribution in [0.3, 0.4) is 0 Å². The Morgan fingerprint density at radius 1 is 1.22 bits per heavy atom. The smallest absolute Gasteiger partial charge is 0.279 e. The summed E-state index contributed by atoms with van der Waals surface area (Å²) in [5, 5.41) is 16.9. The first-order chi connectivity index (χ1) is 12.9. The van der Waals surface area contributed by atoms with E-state index in [1.54, 1.807) is 36.4 Å². The maximum absolute atomic E-state index is 12.5.